The molecule has 2 heterocycles. The zero-order valence-corrected chi connectivity index (χ0v) is 16.1. The van der Waals surface area contributed by atoms with Crippen molar-refractivity contribution in [3.63, 3.8) is 0 Å². The number of likely N-dealkylation sites (tertiary alicyclic amines) is 1. The number of hydrogen-bond acceptors (Lipinski definition) is 2. The molecule has 1 fully saturated rings. The molecule has 0 atom stereocenters. The van der Waals surface area contributed by atoms with E-state index in [9.17, 15) is 9.59 Å². The van der Waals surface area contributed by atoms with Crippen LogP contribution >= 0.6 is 0 Å². The maximum absolute atomic E-state index is 12.6. The molecule has 1 aromatic heterocycles. The number of amides is 3. The van der Waals surface area contributed by atoms with E-state index in [0.717, 1.165) is 24.2 Å². The van der Waals surface area contributed by atoms with Crippen LogP contribution in [0.3, 0.4) is 0 Å². The number of hydrogen-bond donors (Lipinski definition) is 2. The lowest BCUT2D eigenvalue weighted by atomic mass is 10.0. The van der Waals surface area contributed by atoms with Crippen LogP contribution in [0.2, 0.25) is 0 Å². The minimum Gasteiger partial charge on any atom is -0.349 e. The van der Waals surface area contributed by atoms with Gasteiger partial charge in [0, 0.05) is 48.5 Å². The number of nitrogens with zero attached hydrogens (tertiary/aromatic N) is 2. The van der Waals surface area contributed by atoms with Crippen molar-refractivity contribution in [3.05, 3.63) is 84.7 Å². The summed E-state index contributed by atoms with van der Waals surface area (Å²) in [6.45, 7) is 1.24. The Morgan fingerprint density at radius 3 is 2.14 bits per heavy atom. The van der Waals surface area contributed by atoms with Crippen LogP contribution in [0, 0.1) is 0 Å². The van der Waals surface area contributed by atoms with Gasteiger partial charge in [-0.3, -0.25) is 4.79 Å². The van der Waals surface area contributed by atoms with Crippen LogP contribution in [0.15, 0.2) is 79.1 Å². The molecule has 1 saturated heterocycles. The number of piperidine rings is 1. The quantitative estimate of drug-likeness (QED) is 0.712. The number of carbonyl (C=O) groups excluding carboxylic acids is 2. The first-order valence-electron chi connectivity index (χ1n) is 9.84. The van der Waals surface area contributed by atoms with Gasteiger partial charge < -0.3 is 20.1 Å². The molecule has 6 nitrogen and oxygen atoms in total. The number of nitrogens with one attached hydrogen (secondary N) is 2. The maximum Gasteiger partial charge on any atom is 0.321 e. The van der Waals surface area contributed by atoms with E-state index >= 15 is 0 Å². The number of anilines is 1. The van der Waals surface area contributed by atoms with Gasteiger partial charge in [0.15, 0.2) is 0 Å². The first-order chi connectivity index (χ1) is 14.2. The highest BCUT2D eigenvalue weighted by Gasteiger charge is 2.24. The van der Waals surface area contributed by atoms with Crippen LogP contribution < -0.4 is 10.6 Å². The molecule has 6 heteroatoms. The fraction of sp³-hybridized carbons (Fsp3) is 0.217. The molecule has 0 saturated carbocycles. The highest BCUT2D eigenvalue weighted by atomic mass is 16.2. The fourth-order valence-corrected chi connectivity index (χ4v) is 3.51. The van der Waals surface area contributed by atoms with Gasteiger partial charge in [-0.05, 0) is 61.4 Å². The zero-order valence-electron chi connectivity index (χ0n) is 16.1. The van der Waals surface area contributed by atoms with Gasteiger partial charge in [0.05, 0.1) is 0 Å². The predicted molar refractivity (Wildman–Crippen MR) is 113 cm³/mol. The van der Waals surface area contributed by atoms with E-state index < -0.39 is 0 Å². The SMILES string of the molecule is O=C(NC1CCN(C(=O)Nc2ccccc2)CC1)c1ccc(-n2cccc2)cc1. The molecule has 2 aromatic carbocycles. The third kappa shape index (κ3) is 4.66. The monoisotopic (exact) mass is 388 g/mol. The van der Waals surface area contributed by atoms with Crippen LogP contribution in [0.1, 0.15) is 23.2 Å². The van der Waals surface area contributed by atoms with Crippen molar-refractivity contribution in [2.45, 2.75) is 18.9 Å². The van der Waals surface area contributed by atoms with Crippen molar-refractivity contribution in [2.75, 3.05) is 18.4 Å². The Hall–Kier alpha value is -3.54. The Morgan fingerprint density at radius 2 is 1.48 bits per heavy atom. The topological polar surface area (TPSA) is 66.4 Å². The summed E-state index contributed by atoms with van der Waals surface area (Å²) in [6, 6.07) is 20.9. The molecule has 2 N–H and O–H groups in total. The number of urea groups is 1. The number of carbonyl (C=O) groups is 2. The van der Waals surface area contributed by atoms with Crippen LogP contribution in [0.5, 0.6) is 0 Å². The van der Waals surface area contributed by atoms with Crippen molar-refractivity contribution in [2.24, 2.45) is 0 Å². The average Bonchev–Trinajstić information content (AvgIpc) is 3.30. The minimum absolute atomic E-state index is 0.0729. The Morgan fingerprint density at radius 1 is 0.828 bits per heavy atom. The summed E-state index contributed by atoms with van der Waals surface area (Å²) in [5.74, 6) is -0.0729. The molecule has 1 aliphatic heterocycles. The lowest BCUT2D eigenvalue weighted by Crippen LogP contribution is -2.47. The smallest absolute Gasteiger partial charge is 0.321 e. The van der Waals surface area contributed by atoms with E-state index in [1.54, 1.807) is 4.90 Å². The van der Waals surface area contributed by atoms with E-state index in [4.69, 9.17) is 0 Å². The molecule has 0 unspecified atom stereocenters. The van der Waals surface area contributed by atoms with Crippen LogP contribution in [0.4, 0.5) is 10.5 Å². The van der Waals surface area contributed by atoms with Crippen molar-refractivity contribution < 1.29 is 9.59 Å². The number of para-hydroxylation sites is 1. The summed E-state index contributed by atoms with van der Waals surface area (Å²) in [6.07, 6.45) is 5.43. The van der Waals surface area contributed by atoms with Gasteiger partial charge in [-0.15, -0.1) is 0 Å². The summed E-state index contributed by atoms with van der Waals surface area (Å²) in [7, 11) is 0. The predicted octanol–water partition coefficient (Wildman–Crippen LogP) is 3.90. The Kier molecular flexibility index (Phi) is 5.61. The van der Waals surface area contributed by atoms with Gasteiger partial charge in [0.25, 0.3) is 5.91 Å². The van der Waals surface area contributed by atoms with Gasteiger partial charge in [-0.25, -0.2) is 4.79 Å². The van der Waals surface area contributed by atoms with E-state index in [1.165, 1.54) is 0 Å². The molecular weight excluding hydrogens is 364 g/mol. The molecule has 3 amide bonds. The fourth-order valence-electron chi connectivity index (χ4n) is 3.51. The second-order valence-electron chi connectivity index (χ2n) is 7.17. The molecule has 3 aromatic rings. The second kappa shape index (κ2) is 8.65. The van der Waals surface area contributed by atoms with Crippen LogP contribution in [-0.4, -0.2) is 40.5 Å². The number of benzene rings is 2. The summed E-state index contributed by atoms with van der Waals surface area (Å²) < 4.78 is 2.00. The van der Waals surface area contributed by atoms with Gasteiger partial charge >= 0.3 is 6.03 Å². The van der Waals surface area contributed by atoms with Crippen molar-refractivity contribution in [1.82, 2.24) is 14.8 Å². The molecular formula is C23H24N4O2. The molecule has 1 aliphatic rings. The standard InChI is InChI=1S/C23H24N4O2/c28-22(18-8-10-21(11-9-18)26-14-4-5-15-26)24-20-12-16-27(17-13-20)23(29)25-19-6-2-1-3-7-19/h1-11,14-15,20H,12-13,16-17H2,(H,24,28)(H,25,29). The lowest BCUT2D eigenvalue weighted by Gasteiger charge is -2.32. The molecule has 0 aliphatic carbocycles. The summed E-state index contributed by atoms with van der Waals surface area (Å²) in [5.41, 5.74) is 2.45. The van der Waals surface area contributed by atoms with Crippen molar-refractivity contribution >= 4 is 17.6 Å². The van der Waals surface area contributed by atoms with E-state index in [0.29, 0.717) is 18.7 Å². The van der Waals surface area contributed by atoms with Gasteiger partial charge in [-0.2, -0.15) is 0 Å². The highest BCUT2D eigenvalue weighted by molar-refractivity contribution is 5.94. The molecule has 148 valence electrons. The lowest BCUT2D eigenvalue weighted by molar-refractivity contribution is 0.0919. The van der Waals surface area contributed by atoms with Gasteiger partial charge in [0.2, 0.25) is 0 Å². The third-order valence-corrected chi connectivity index (χ3v) is 5.17. The average molecular weight is 388 g/mol. The van der Waals surface area contributed by atoms with E-state index in [1.807, 2.05) is 83.7 Å². The summed E-state index contributed by atoms with van der Waals surface area (Å²) in [4.78, 5) is 26.7. The number of aromatic nitrogens is 1. The molecule has 0 spiro atoms. The first kappa shape index (κ1) is 18.8. The molecule has 0 radical (unpaired) electrons. The largest absolute Gasteiger partial charge is 0.349 e. The summed E-state index contributed by atoms with van der Waals surface area (Å²) >= 11 is 0. The number of rotatable bonds is 4. The zero-order chi connectivity index (χ0) is 20.1. The Labute approximate surface area is 170 Å². The molecule has 4 rings (SSSR count). The van der Waals surface area contributed by atoms with Gasteiger partial charge in [0.1, 0.15) is 0 Å². The van der Waals surface area contributed by atoms with Crippen molar-refractivity contribution in [1.29, 1.82) is 0 Å². The third-order valence-electron chi connectivity index (χ3n) is 5.17. The van der Waals surface area contributed by atoms with E-state index in [-0.39, 0.29) is 18.0 Å². The molecule has 0 bridgehead atoms. The normalized spacial score (nSPS) is 14.4. The van der Waals surface area contributed by atoms with E-state index in [2.05, 4.69) is 10.6 Å². The second-order valence-corrected chi connectivity index (χ2v) is 7.17. The van der Waals surface area contributed by atoms with Crippen LogP contribution in [0.25, 0.3) is 5.69 Å². The van der Waals surface area contributed by atoms with Gasteiger partial charge in [-0.1, -0.05) is 18.2 Å². The molecule has 29 heavy (non-hydrogen) atoms. The maximum atomic E-state index is 12.6. The minimum atomic E-state index is -0.0958. The summed E-state index contributed by atoms with van der Waals surface area (Å²) in [5, 5.41) is 6.00. The van der Waals surface area contributed by atoms with Crippen molar-refractivity contribution in [3.8, 4) is 5.69 Å². The Bertz CT molecular complexity index is 944. The Balaban J connectivity index is 1.27. The highest BCUT2D eigenvalue weighted by Crippen LogP contribution is 2.15. The van der Waals surface area contributed by atoms with Crippen LogP contribution in [-0.2, 0) is 0 Å². The first-order valence-corrected chi connectivity index (χ1v) is 9.84.